The summed E-state index contributed by atoms with van der Waals surface area (Å²) < 4.78 is 0. The van der Waals surface area contributed by atoms with E-state index in [9.17, 15) is 9.59 Å². The molecule has 0 aliphatic rings. The zero-order chi connectivity index (χ0) is 16.7. The van der Waals surface area contributed by atoms with E-state index in [0.717, 1.165) is 0 Å². The minimum Gasteiger partial charge on any atom is -0.355 e. The van der Waals surface area contributed by atoms with Gasteiger partial charge in [-0.1, -0.05) is 37.0 Å². The SMILES string of the molecule is CC(C)CNC(=O)CN(C)CC(=O)Nc1ccc(Cl)c(Cl)c1. The largest absolute Gasteiger partial charge is 0.355 e. The molecule has 0 atom stereocenters. The summed E-state index contributed by atoms with van der Waals surface area (Å²) in [7, 11) is 1.71. The van der Waals surface area contributed by atoms with Gasteiger partial charge in [-0.05, 0) is 31.2 Å². The van der Waals surface area contributed by atoms with Gasteiger partial charge < -0.3 is 10.6 Å². The Morgan fingerprint density at radius 1 is 1.14 bits per heavy atom. The van der Waals surface area contributed by atoms with Gasteiger partial charge in [-0.25, -0.2) is 0 Å². The van der Waals surface area contributed by atoms with Crippen LogP contribution >= 0.6 is 23.2 Å². The zero-order valence-corrected chi connectivity index (χ0v) is 14.5. The van der Waals surface area contributed by atoms with E-state index in [2.05, 4.69) is 10.6 Å². The Labute approximate surface area is 141 Å². The highest BCUT2D eigenvalue weighted by molar-refractivity contribution is 6.42. The first-order valence-corrected chi connectivity index (χ1v) is 7.73. The summed E-state index contributed by atoms with van der Waals surface area (Å²) >= 11 is 11.7. The fraction of sp³-hybridized carbons (Fsp3) is 0.467. The second-order valence-corrected chi connectivity index (χ2v) is 6.36. The summed E-state index contributed by atoms with van der Waals surface area (Å²) in [5.74, 6) is 0.0725. The van der Waals surface area contributed by atoms with Gasteiger partial charge in [0.2, 0.25) is 11.8 Å². The van der Waals surface area contributed by atoms with E-state index < -0.39 is 0 Å². The van der Waals surface area contributed by atoms with Gasteiger partial charge in [0.15, 0.2) is 0 Å². The topological polar surface area (TPSA) is 61.4 Å². The van der Waals surface area contributed by atoms with Crippen molar-refractivity contribution in [2.45, 2.75) is 13.8 Å². The van der Waals surface area contributed by atoms with Crippen LogP contribution in [-0.4, -0.2) is 43.4 Å². The van der Waals surface area contributed by atoms with Crippen molar-refractivity contribution < 1.29 is 9.59 Å². The van der Waals surface area contributed by atoms with Gasteiger partial charge in [0.1, 0.15) is 0 Å². The predicted molar refractivity (Wildman–Crippen MR) is 90.4 cm³/mol. The minimum atomic E-state index is -0.224. The Hall–Kier alpha value is -1.30. The van der Waals surface area contributed by atoms with Crippen molar-refractivity contribution in [3.63, 3.8) is 0 Å². The monoisotopic (exact) mass is 345 g/mol. The third-order valence-electron chi connectivity index (χ3n) is 2.74. The van der Waals surface area contributed by atoms with Gasteiger partial charge in [0, 0.05) is 12.2 Å². The van der Waals surface area contributed by atoms with E-state index >= 15 is 0 Å². The number of rotatable bonds is 7. The van der Waals surface area contributed by atoms with Crippen LogP contribution < -0.4 is 10.6 Å². The second kappa shape index (κ2) is 8.98. The van der Waals surface area contributed by atoms with Gasteiger partial charge in [-0.15, -0.1) is 0 Å². The molecule has 0 heterocycles. The van der Waals surface area contributed by atoms with Crippen molar-refractivity contribution in [3.8, 4) is 0 Å². The van der Waals surface area contributed by atoms with Crippen molar-refractivity contribution in [1.29, 1.82) is 0 Å². The molecule has 5 nitrogen and oxygen atoms in total. The number of amides is 2. The predicted octanol–water partition coefficient (Wildman–Crippen LogP) is 2.64. The minimum absolute atomic E-state index is 0.0986. The smallest absolute Gasteiger partial charge is 0.238 e. The van der Waals surface area contributed by atoms with Crippen LogP contribution in [0.15, 0.2) is 18.2 Å². The molecule has 0 saturated heterocycles. The van der Waals surface area contributed by atoms with Crippen molar-refractivity contribution in [2.24, 2.45) is 5.92 Å². The van der Waals surface area contributed by atoms with Gasteiger partial charge in [0.25, 0.3) is 0 Å². The lowest BCUT2D eigenvalue weighted by atomic mass is 10.2. The number of halogens is 2. The molecule has 1 aromatic carbocycles. The molecular weight excluding hydrogens is 325 g/mol. The Morgan fingerprint density at radius 2 is 1.77 bits per heavy atom. The lowest BCUT2D eigenvalue weighted by Crippen LogP contribution is -2.39. The second-order valence-electron chi connectivity index (χ2n) is 5.55. The Morgan fingerprint density at radius 3 is 2.36 bits per heavy atom. The van der Waals surface area contributed by atoms with Crippen LogP contribution in [0.25, 0.3) is 0 Å². The highest BCUT2D eigenvalue weighted by Gasteiger charge is 2.11. The lowest BCUT2D eigenvalue weighted by Gasteiger charge is -2.16. The molecule has 2 amide bonds. The maximum absolute atomic E-state index is 11.9. The fourth-order valence-corrected chi connectivity index (χ4v) is 1.99. The summed E-state index contributed by atoms with van der Waals surface area (Å²) in [6.07, 6.45) is 0. The molecule has 0 aliphatic heterocycles. The summed E-state index contributed by atoms with van der Waals surface area (Å²) in [5, 5.41) is 6.32. The van der Waals surface area contributed by atoms with Crippen LogP contribution in [0.1, 0.15) is 13.8 Å². The van der Waals surface area contributed by atoms with Crippen LogP contribution in [0.4, 0.5) is 5.69 Å². The quantitative estimate of drug-likeness (QED) is 0.798. The molecular formula is C15H21Cl2N3O2. The maximum Gasteiger partial charge on any atom is 0.238 e. The number of benzene rings is 1. The zero-order valence-electron chi connectivity index (χ0n) is 13.0. The summed E-state index contributed by atoms with van der Waals surface area (Å²) in [4.78, 5) is 25.2. The highest BCUT2D eigenvalue weighted by Crippen LogP contribution is 2.24. The van der Waals surface area contributed by atoms with E-state index in [-0.39, 0.29) is 24.9 Å². The Balaban J connectivity index is 2.40. The van der Waals surface area contributed by atoms with E-state index in [1.165, 1.54) is 0 Å². The first-order valence-electron chi connectivity index (χ1n) is 6.98. The van der Waals surface area contributed by atoms with E-state index in [1.807, 2.05) is 13.8 Å². The number of nitrogens with zero attached hydrogens (tertiary/aromatic N) is 1. The molecule has 22 heavy (non-hydrogen) atoms. The lowest BCUT2D eigenvalue weighted by molar-refractivity contribution is -0.123. The molecule has 0 bridgehead atoms. The molecule has 0 fully saturated rings. The molecule has 7 heteroatoms. The van der Waals surface area contributed by atoms with Crippen molar-refractivity contribution in [3.05, 3.63) is 28.2 Å². The summed E-state index contributed by atoms with van der Waals surface area (Å²) in [6, 6.07) is 4.86. The van der Waals surface area contributed by atoms with Crippen molar-refractivity contribution >= 4 is 40.7 Å². The average Bonchev–Trinajstić information content (AvgIpc) is 2.40. The summed E-state index contributed by atoms with van der Waals surface area (Å²) in [5.41, 5.74) is 0.567. The van der Waals surface area contributed by atoms with Crippen LogP contribution in [0.2, 0.25) is 10.0 Å². The van der Waals surface area contributed by atoms with Crippen molar-refractivity contribution in [2.75, 3.05) is 32.0 Å². The molecule has 0 unspecified atom stereocenters. The van der Waals surface area contributed by atoms with E-state index in [1.54, 1.807) is 30.1 Å². The normalized spacial score (nSPS) is 10.9. The van der Waals surface area contributed by atoms with Gasteiger partial charge in [-0.2, -0.15) is 0 Å². The molecule has 122 valence electrons. The number of nitrogens with one attached hydrogen (secondary N) is 2. The van der Waals surface area contributed by atoms with Gasteiger partial charge in [0.05, 0.1) is 23.1 Å². The number of carbonyl (C=O) groups excluding carboxylic acids is 2. The summed E-state index contributed by atoms with van der Waals surface area (Å²) in [6.45, 7) is 4.95. The Bertz CT molecular complexity index is 536. The van der Waals surface area contributed by atoms with Gasteiger partial charge >= 0.3 is 0 Å². The van der Waals surface area contributed by atoms with Crippen LogP contribution in [0, 0.1) is 5.92 Å². The van der Waals surface area contributed by atoms with E-state index in [4.69, 9.17) is 23.2 Å². The molecule has 0 saturated carbocycles. The first-order chi connectivity index (χ1) is 10.3. The average molecular weight is 346 g/mol. The number of hydrogen-bond donors (Lipinski definition) is 2. The molecule has 0 spiro atoms. The van der Waals surface area contributed by atoms with Crippen LogP contribution in [-0.2, 0) is 9.59 Å². The van der Waals surface area contributed by atoms with Gasteiger partial charge in [-0.3, -0.25) is 14.5 Å². The number of carbonyl (C=O) groups is 2. The molecule has 0 aliphatic carbocycles. The first kappa shape index (κ1) is 18.7. The standard InChI is InChI=1S/C15H21Cl2N3O2/c1-10(2)7-18-14(21)8-20(3)9-15(22)19-11-4-5-12(16)13(17)6-11/h4-6,10H,7-9H2,1-3H3,(H,18,21)(H,19,22). The molecule has 0 radical (unpaired) electrons. The van der Waals surface area contributed by atoms with Crippen LogP contribution in [0.5, 0.6) is 0 Å². The third kappa shape index (κ3) is 7.11. The Kier molecular flexibility index (Phi) is 7.65. The number of likely N-dealkylation sites (N-methyl/N-ethyl adjacent to an activating group) is 1. The van der Waals surface area contributed by atoms with Crippen LogP contribution in [0.3, 0.4) is 0 Å². The maximum atomic E-state index is 11.9. The van der Waals surface area contributed by atoms with E-state index in [0.29, 0.717) is 28.2 Å². The fourth-order valence-electron chi connectivity index (χ4n) is 1.69. The number of anilines is 1. The molecule has 0 aromatic heterocycles. The molecule has 1 rings (SSSR count). The molecule has 1 aromatic rings. The third-order valence-corrected chi connectivity index (χ3v) is 3.48. The highest BCUT2D eigenvalue weighted by atomic mass is 35.5. The van der Waals surface area contributed by atoms with Crippen molar-refractivity contribution in [1.82, 2.24) is 10.2 Å². The number of hydrogen-bond acceptors (Lipinski definition) is 3. The molecule has 2 N–H and O–H groups in total.